The van der Waals surface area contributed by atoms with E-state index in [-0.39, 0.29) is 17.9 Å². The first-order valence-electron chi connectivity index (χ1n) is 9.71. The molecule has 152 valence electrons. The fourth-order valence-corrected chi connectivity index (χ4v) is 3.46. The number of likely N-dealkylation sites (tertiary alicyclic amines) is 1. The van der Waals surface area contributed by atoms with E-state index in [0.29, 0.717) is 32.1 Å². The van der Waals surface area contributed by atoms with Crippen LogP contribution < -0.4 is 0 Å². The lowest BCUT2D eigenvalue weighted by atomic mass is 9.85. The number of ether oxygens (including phenoxy) is 2. The molecule has 6 nitrogen and oxygen atoms in total. The van der Waals surface area contributed by atoms with E-state index in [2.05, 4.69) is 13.8 Å². The van der Waals surface area contributed by atoms with Crippen molar-refractivity contribution in [1.82, 2.24) is 9.80 Å². The Morgan fingerprint density at radius 2 is 1.88 bits per heavy atom. The molecule has 0 aromatic heterocycles. The third-order valence-electron chi connectivity index (χ3n) is 4.77. The highest BCUT2D eigenvalue weighted by atomic mass is 16.6. The van der Waals surface area contributed by atoms with E-state index in [1.165, 1.54) is 0 Å². The van der Waals surface area contributed by atoms with Gasteiger partial charge in [-0.2, -0.15) is 0 Å². The standard InChI is InChI=1S/C20H38N2O4/c1-9-25-14-20(11-10-15(2)3)12-16(17(23)21(7)8)13-22(20)18(24)26-19(4,5)6/h15-16H,9-14H2,1-8H3/t16-,20-/m0/s1. The first-order chi connectivity index (χ1) is 11.9. The maximum Gasteiger partial charge on any atom is 0.410 e. The lowest BCUT2D eigenvalue weighted by Gasteiger charge is -2.39. The van der Waals surface area contributed by atoms with Gasteiger partial charge in [0.25, 0.3) is 0 Å². The van der Waals surface area contributed by atoms with E-state index >= 15 is 0 Å². The highest BCUT2D eigenvalue weighted by Crippen LogP contribution is 2.40. The molecule has 1 fully saturated rings. The zero-order chi connectivity index (χ0) is 20.1. The Balaban J connectivity index is 3.16. The lowest BCUT2D eigenvalue weighted by Crippen LogP contribution is -2.52. The van der Waals surface area contributed by atoms with Crippen molar-refractivity contribution in [3.8, 4) is 0 Å². The van der Waals surface area contributed by atoms with Gasteiger partial charge in [-0.1, -0.05) is 13.8 Å². The minimum atomic E-state index is -0.573. The third-order valence-corrected chi connectivity index (χ3v) is 4.77. The van der Waals surface area contributed by atoms with Crippen molar-refractivity contribution in [3.63, 3.8) is 0 Å². The SMILES string of the molecule is CCOC[C@]1(CCC(C)C)C[C@H](C(=O)N(C)C)CN1C(=O)OC(C)(C)C. The van der Waals surface area contributed by atoms with Crippen molar-refractivity contribution in [2.45, 2.75) is 71.9 Å². The second kappa shape index (κ2) is 9.07. The van der Waals surface area contributed by atoms with E-state index in [4.69, 9.17) is 9.47 Å². The molecule has 0 spiro atoms. The van der Waals surface area contributed by atoms with Crippen LogP contribution in [0.25, 0.3) is 0 Å². The number of rotatable bonds is 7. The highest BCUT2D eigenvalue weighted by molar-refractivity contribution is 5.81. The van der Waals surface area contributed by atoms with Gasteiger partial charge in [0.15, 0.2) is 0 Å². The first kappa shape index (κ1) is 22.7. The van der Waals surface area contributed by atoms with Crippen molar-refractivity contribution in [2.75, 3.05) is 33.9 Å². The zero-order valence-corrected chi connectivity index (χ0v) is 17.9. The van der Waals surface area contributed by atoms with Crippen LogP contribution in [-0.4, -0.2) is 66.8 Å². The van der Waals surface area contributed by atoms with E-state index in [0.717, 1.165) is 12.8 Å². The van der Waals surface area contributed by atoms with E-state index < -0.39 is 11.1 Å². The van der Waals surface area contributed by atoms with Crippen LogP contribution in [0.5, 0.6) is 0 Å². The summed E-state index contributed by atoms with van der Waals surface area (Å²) in [4.78, 5) is 28.9. The molecular formula is C20H38N2O4. The molecule has 0 unspecified atom stereocenters. The smallest absolute Gasteiger partial charge is 0.410 e. The number of carbonyl (C=O) groups is 2. The summed E-state index contributed by atoms with van der Waals surface area (Å²) < 4.78 is 11.4. The molecule has 1 aliphatic heterocycles. The molecule has 2 amide bonds. The summed E-state index contributed by atoms with van der Waals surface area (Å²) in [6.07, 6.45) is 2.04. The van der Waals surface area contributed by atoms with Crippen molar-refractivity contribution in [1.29, 1.82) is 0 Å². The molecule has 0 aromatic rings. The van der Waals surface area contributed by atoms with E-state index in [1.54, 1.807) is 23.9 Å². The van der Waals surface area contributed by atoms with Gasteiger partial charge in [-0.05, 0) is 52.9 Å². The van der Waals surface area contributed by atoms with Crippen molar-refractivity contribution in [3.05, 3.63) is 0 Å². The predicted octanol–water partition coefficient (Wildman–Crippen LogP) is 3.54. The molecule has 6 heteroatoms. The molecule has 1 heterocycles. The lowest BCUT2D eigenvalue weighted by molar-refractivity contribution is -0.132. The van der Waals surface area contributed by atoms with Crippen molar-refractivity contribution >= 4 is 12.0 Å². The van der Waals surface area contributed by atoms with Gasteiger partial charge in [0.1, 0.15) is 5.60 Å². The molecule has 1 aliphatic rings. The number of amides is 2. The molecule has 0 aromatic carbocycles. The Hall–Kier alpha value is -1.30. The Morgan fingerprint density at radius 3 is 2.35 bits per heavy atom. The van der Waals surface area contributed by atoms with Crippen LogP contribution in [0, 0.1) is 11.8 Å². The molecule has 0 saturated carbocycles. The second-order valence-corrected chi connectivity index (χ2v) is 9.02. The predicted molar refractivity (Wildman–Crippen MR) is 103 cm³/mol. The maximum atomic E-state index is 12.9. The van der Waals surface area contributed by atoms with Gasteiger partial charge in [0.05, 0.1) is 18.1 Å². The van der Waals surface area contributed by atoms with Gasteiger partial charge in [0, 0.05) is 27.2 Å². The second-order valence-electron chi connectivity index (χ2n) is 9.02. The Morgan fingerprint density at radius 1 is 1.27 bits per heavy atom. The third kappa shape index (κ3) is 6.15. The Kier molecular flexibility index (Phi) is 7.93. The fraction of sp³-hybridized carbons (Fsp3) is 0.900. The fourth-order valence-electron chi connectivity index (χ4n) is 3.46. The summed E-state index contributed by atoms with van der Waals surface area (Å²) in [5.74, 6) is 0.351. The Labute approximate surface area is 159 Å². The van der Waals surface area contributed by atoms with E-state index in [9.17, 15) is 9.59 Å². The van der Waals surface area contributed by atoms with Gasteiger partial charge in [-0.3, -0.25) is 9.69 Å². The molecule has 0 aliphatic carbocycles. The zero-order valence-electron chi connectivity index (χ0n) is 17.9. The average molecular weight is 371 g/mol. The Bertz CT molecular complexity index is 485. The molecule has 0 radical (unpaired) electrons. The number of nitrogens with zero attached hydrogens (tertiary/aromatic N) is 2. The van der Waals surface area contributed by atoms with Crippen LogP contribution in [0.15, 0.2) is 0 Å². The van der Waals surface area contributed by atoms with Crippen LogP contribution in [0.2, 0.25) is 0 Å². The molecule has 26 heavy (non-hydrogen) atoms. The minimum absolute atomic E-state index is 0.0569. The summed E-state index contributed by atoms with van der Waals surface area (Å²) in [5.41, 5.74) is -1.06. The largest absolute Gasteiger partial charge is 0.444 e. The van der Waals surface area contributed by atoms with Crippen LogP contribution in [0.1, 0.15) is 60.8 Å². The first-order valence-corrected chi connectivity index (χ1v) is 9.71. The van der Waals surface area contributed by atoms with Gasteiger partial charge in [-0.15, -0.1) is 0 Å². The molecule has 1 saturated heterocycles. The van der Waals surface area contributed by atoms with Crippen molar-refractivity contribution in [2.24, 2.45) is 11.8 Å². The summed E-state index contributed by atoms with van der Waals surface area (Å²) in [6, 6.07) is 0. The summed E-state index contributed by atoms with van der Waals surface area (Å²) in [6.45, 7) is 13.3. The van der Waals surface area contributed by atoms with Crippen LogP contribution in [0.3, 0.4) is 0 Å². The molecular weight excluding hydrogens is 332 g/mol. The molecule has 1 rings (SSSR count). The highest BCUT2D eigenvalue weighted by Gasteiger charge is 2.51. The van der Waals surface area contributed by atoms with E-state index in [1.807, 2.05) is 27.7 Å². The van der Waals surface area contributed by atoms with Crippen LogP contribution in [-0.2, 0) is 14.3 Å². The molecule has 0 bridgehead atoms. The number of hydrogen-bond donors (Lipinski definition) is 0. The summed E-state index contributed by atoms with van der Waals surface area (Å²) in [7, 11) is 3.52. The molecule has 0 N–H and O–H groups in total. The average Bonchev–Trinajstić information content (AvgIpc) is 2.88. The van der Waals surface area contributed by atoms with Crippen LogP contribution >= 0.6 is 0 Å². The van der Waals surface area contributed by atoms with Gasteiger partial charge < -0.3 is 14.4 Å². The maximum absolute atomic E-state index is 12.9. The normalized spacial score (nSPS) is 23.4. The summed E-state index contributed by atoms with van der Waals surface area (Å²) >= 11 is 0. The van der Waals surface area contributed by atoms with Gasteiger partial charge in [-0.25, -0.2) is 4.79 Å². The monoisotopic (exact) mass is 370 g/mol. The topological polar surface area (TPSA) is 59.1 Å². The summed E-state index contributed by atoms with van der Waals surface area (Å²) in [5, 5.41) is 0. The number of carbonyl (C=O) groups excluding carboxylic acids is 2. The van der Waals surface area contributed by atoms with Crippen molar-refractivity contribution < 1.29 is 19.1 Å². The minimum Gasteiger partial charge on any atom is -0.444 e. The number of hydrogen-bond acceptors (Lipinski definition) is 4. The van der Waals surface area contributed by atoms with Gasteiger partial charge >= 0.3 is 6.09 Å². The quantitative estimate of drug-likeness (QED) is 0.688. The molecule has 2 atom stereocenters. The van der Waals surface area contributed by atoms with Gasteiger partial charge in [0.2, 0.25) is 5.91 Å². The van der Waals surface area contributed by atoms with Crippen LogP contribution in [0.4, 0.5) is 4.79 Å².